The van der Waals surface area contributed by atoms with Gasteiger partial charge in [0.25, 0.3) is 0 Å². The van der Waals surface area contributed by atoms with Crippen LogP contribution < -0.4 is 17.0 Å². The van der Waals surface area contributed by atoms with E-state index in [4.69, 9.17) is 11.6 Å². The molecule has 0 aromatic carbocycles. The van der Waals surface area contributed by atoms with Gasteiger partial charge in [-0.25, -0.2) is 10.2 Å². The van der Waals surface area contributed by atoms with E-state index >= 15 is 0 Å². The molecule has 3 heterocycles. The van der Waals surface area contributed by atoms with Crippen LogP contribution in [-0.2, 0) is 6.54 Å². The van der Waals surface area contributed by atoms with Crippen molar-refractivity contribution in [2.45, 2.75) is 13.5 Å². The van der Waals surface area contributed by atoms with Crippen molar-refractivity contribution >= 4 is 5.84 Å². The number of amidine groups is 1. The van der Waals surface area contributed by atoms with Crippen LogP contribution in [0.1, 0.15) is 16.8 Å². The van der Waals surface area contributed by atoms with Gasteiger partial charge in [0.15, 0.2) is 11.7 Å². The average Bonchev–Trinajstić information content (AvgIpc) is 2.78. The van der Waals surface area contributed by atoms with Gasteiger partial charge in [-0.3, -0.25) is 19.9 Å². The van der Waals surface area contributed by atoms with Crippen molar-refractivity contribution in [2.24, 2.45) is 16.6 Å². The van der Waals surface area contributed by atoms with Crippen molar-refractivity contribution in [2.75, 3.05) is 0 Å². The molecule has 0 spiro atoms. The highest BCUT2D eigenvalue weighted by atomic mass is 19.1. The second-order valence-corrected chi connectivity index (χ2v) is 6.39. The highest BCUT2D eigenvalue weighted by Crippen LogP contribution is 2.21. The third-order valence-electron chi connectivity index (χ3n) is 4.07. The van der Waals surface area contributed by atoms with E-state index in [1.54, 1.807) is 43.6 Å². The summed E-state index contributed by atoms with van der Waals surface area (Å²) in [5.74, 6) is 8.78. The first-order chi connectivity index (χ1) is 15.0. The largest absolute Gasteiger partial charge is 0.389 e. The van der Waals surface area contributed by atoms with Crippen molar-refractivity contribution in [1.29, 1.82) is 0 Å². The van der Waals surface area contributed by atoms with E-state index < -0.39 is 11.6 Å². The molecule has 156 valence electrons. The minimum absolute atomic E-state index is 0.0736. The molecular formula is C22H19F2N7. The van der Waals surface area contributed by atoms with Crippen LogP contribution in [0.2, 0.25) is 0 Å². The Labute approximate surface area is 177 Å². The maximum atomic E-state index is 14.5. The topological polar surface area (TPSA) is 115 Å². The van der Waals surface area contributed by atoms with Gasteiger partial charge in [-0.1, -0.05) is 5.92 Å². The molecule has 3 aromatic rings. The summed E-state index contributed by atoms with van der Waals surface area (Å²) >= 11 is 0. The lowest BCUT2D eigenvalue weighted by molar-refractivity contribution is 0.622. The first-order valence-electron chi connectivity index (χ1n) is 9.14. The molecule has 3 rings (SSSR count). The lowest BCUT2D eigenvalue weighted by Crippen LogP contribution is -2.32. The predicted molar refractivity (Wildman–Crippen MR) is 114 cm³/mol. The van der Waals surface area contributed by atoms with E-state index in [1.165, 1.54) is 18.5 Å². The van der Waals surface area contributed by atoms with E-state index in [-0.39, 0.29) is 23.8 Å². The summed E-state index contributed by atoms with van der Waals surface area (Å²) in [6.07, 6.45) is 6.15. The number of nitrogens with zero attached hydrogens (tertiary/aromatic N) is 4. The van der Waals surface area contributed by atoms with Crippen LogP contribution in [0.25, 0.3) is 11.3 Å². The SMILES string of the molecule is Cc1cc(-c2ncc(CN=C(NN)C(F)=C(N)C#Cc3cccnc3)cc2F)ccn1. The summed E-state index contributed by atoms with van der Waals surface area (Å²) in [4.78, 5) is 16.2. The van der Waals surface area contributed by atoms with Gasteiger partial charge in [0.2, 0.25) is 0 Å². The molecule has 9 heteroatoms. The van der Waals surface area contributed by atoms with Crippen LogP contribution in [0, 0.1) is 24.6 Å². The number of aliphatic imine (C=N–C) groups is 1. The number of nitrogens with one attached hydrogen (secondary N) is 1. The van der Waals surface area contributed by atoms with Crippen molar-refractivity contribution in [3.63, 3.8) is 0 Å². The molecule has 5 N–H and O–H groups in total. The number of aromatic nitrogens is 3. The maximum Gasteiger partial charge on any atom is 0.197 e. The summed E-state index contributed by atoms with van der Waals surface area (Å²) in [6, 6.07) is 8.09. The Morgan fingerprint density at radius 2 is 2.03 bits per heavy atom. The van der Waals surface area contributed by atoms with Gasteiger partial charge in [-0.2, -0.15) is 4.39 Å². The fraction of sp³-hybridized carbons (Fsp3) is 0.0909. The van der Waals surface area contributed by atoms with E-state index in [9.17, 15) is 8.78 Å². The molecule has 7 nitrogen and oxygen atoms in total. The molecule has 0 saturated heterocycles. The number of aryl methyl sites for hydroxylation is 1. The molecule has 31 heavy (non-hydrogen) atoms. The lowest BCUT2D eigenvalue weighted by Gasteiger charge is -2.07. The zero-order chi connectivity index (χ0) is 22.2. The molecule has 0 aliphatic rings. The van der Waals surface area contributed by atoms with Gasteiger partial charge in [0.05, 0.1) is 6.54 Å². The number of rotatable bonds is 4. The van der Waals surface area contributed by atoms with Gasteiger partial charge in [0, 0.05) is 41.6 Å². The van der Waals surface area contributed by atoms with Gasteiger partial charge < -0.3 is 11.2 Å². The van der Waals surface area contributed by atoms with Gasteiger partial charge >= 0.3 is 0 Å². The van der Waals surface area contributed by atoms with Crippen LogP contribution >= 0.6 is 0 Å². The highest BCUT2D eigenvalue weighted by molar-refractivity contribution is 5.97. The van der Waals surface area contributed by atoms with Crippen LogP contribution in [0.5, 0.6) is 0 Å². The Hall–Kier alpha value is -4.16. The number of nitrogens with two attached hydrogens (primary N) is 2. The van der Waals surface area contributed by atoms with Crippen molar-refractivity contribution in [1.82, 2.24) is 20.4 Å². The van der Waals surface area contributed by atoms with Crippen LogP contribution in [-0.4, -0.2) is 20.8 Å². The number of halogens is 2. The molecule has 0 radical (unpaired) electrons. The first kappa shape index (κ1) is 21.5. The molecule has 0 aliphatic heterocycles. The van der Waals surface area contributed by atoms with E-state index in [1.807, 2.05) is 0 Å². The van der Waals surface area contributed by atoms with E-state index in [0.717, 1.165) is 5.69 Å². The first-order valence-corrected chi connectivity index (χ1v) is 9.14. The maximum absolute atomic E-state index is 14.5. The Balaban J connectivity index is 1.79. The normalized spacial score (nSPS) is 11.9. The number of hydrazine groups is 1. The minimum atomic E-state index is -0.920. The quantitative estimate of drug-likeness (QED) is 0.197. The van der Waals surface area contributed by atoms with Gasteiger partial charge in [0.1, 0.15) is 17.2 Å². The zero-order valence-electron chi connectivity index (χ0n) is 16.6. The smallest absolute Gasteiger partial charge is 0.197 e. The molecule has 0 bridgehead atoms. The molecule has 0 amide bonds. The third kappa shape index (κ3) is 5.68. The van der Waals surface area contributed by atoms with E-state index in [0.29, 0.717) is 16.7 Å². The molecule has 0 unspecified atom stereocenters. The van der Waals surface area contributed by atoms with Crippen LogP contribution in [0.3, 0.4) is 0 Å². The Morgan fingerprint density at radius 3 is 2.71 bits per heavy atom. The monoisotopic (exact) mass is 419 g/mol. The predicted octanol–water partition coefficient (Wildman–Crippen LogP) is 2.54. The second-order valence-electron chi connectivity index (χ2n) is 6.39. The lowest BCUT2D eigenvalue weighted by atomic mass is 10.1. The second kappa shape index (κ2) is 10.0. The standard InChI is InChI=1S/C22H19F2N7/c1-14-9-17(6-8-28-14)21-18(23)10-16(12-29-21)13-30-22(31-26)20(24)19(25)5-4-15-3-2-7-27-11-15/h2-3,6-12H,13,25-26H2,1H3,(H,30,31). The molecule has 3 aromatic heterocycles. The minimum Gasteiger partial charge on any atom is -0.389 e. The number of hydrogen-bond donors (Lipinski definition) is 3. The summed E-state index contributed by atoms with van der Waals surface area (Å²) in [7, 11) is 0. The molecular weight excluding hydrogens is 400 g/mol. The average molecular weight is 419 g/mol. The Bertz CT molecular complexity index is 1200. The molecule has 0 atom stereocenters. The summed E-state index contributed by atoms with van der Waals surface area (Å²) in [6.45, 7) is 1.73. The van der Waals surface area contributed by atoms with Crippen molar-refractivity contribution < 1.29 is 8.78 Å². The molecule has 0 fully saturated rings. The van der Waals surface area contributed by atoms with Crippen LogP contribution in [0.4, 0.5) is 8.78 Å². The van der Waals surface area contributed by atoms with Gasteiger partial charge in [-0.05, 0) is 48.7 Å². The Kier molecular flexibility index (Phi) is 6.98. The Morgan fingerprint density at radius 1 is 1.19 bits per heavy atom. The molecule has 0 saturated carbocycles. The number of pyridine rings is 3. The fourth-order valence-electron chi connectivity index (χ4n) is 2.58. The number of allylic oxidation sites excluding steroid dienone is 1. The summed E-state index contributed by atoms with van der Waals surface area (Å²) in [5.41, 5.74) is 10.0. The highest BCUT2D eigenvalue weighted by Gasteiger charge is 2.11. The number of hydrogen-bond acceptors (Lipinski definition) is 6. The van der Waals surface area contributed by atoms with Crippen molar-refractivity contribution in [3.8, 4) is 23.1 Å². The summed E-state index contributed by atoms with van der Waals surface area (Å²) in [5, 5.41) is 0. The zero-order valence-corrected chi connectivity index (χ0v) is 16.6. The fourth-order valence-corrected chi connectivity index (χ4v) is 2.58. The molecule has 0 aliphatic carbocycles. The van der Waals surface area contributed by atoms with Gasteiger partial charge in [-0.15, -0.1) is 0 Å². The third-order valence-corrected chi connectivity index (χ3v) is 4.07. The van der Waals surface area contributed by atoms with E-state index in [2.05, 4.69) is 37.2 Å². The summed E-state index contributed by atoms with van der Waals surface area (Å²) < 4.78 is 29.1. The van der Waals surface area contributed by atoms with Crippen LogP contribution in [0.15, 0.2) is 71.6 Å². The van der Waals surface area contributed by atoms with Crippen molar-refractivity contribution in [3.05, 3.63) is 89.3 Å².